The summed E-state index contributed by atoms with van der Waals surface area (Å²) in [5.74, 6) is 1.08. The molecule has 1 unspecified atom stereocenters. The van der Waals surface area contributed by atoms with Crippen LogP contribution in [-0.4, -0.2) is 37.0 Å². The van der Waals surface area contributed by atoms with Gasteiger partial charge in [-0.05, 0) is 45.2 Å². The minimum atomic E-state index is 0. The summed E-state index contributed by atoms with van der Waals surface area (Å²) in [7, 11) is 0. The van der Waals surface area contributed by atoms with Gasteiger partial charge in [-0.3, -0.25) is 4.79 Å². The second-order valence-corrected chi connectivity index (χ2v) is 4.72. The number of hydrogen-bond acceptors (Lipinski definition) is 2. The molecule has 1 saturated heterocycles. The third kappa shape index (κ3) is 6.27. The molecule has 1 amide bonds. The maximum absolute atomic E-state index is 11.9. The standard InChI is InChI=1S/C13H26N2O.ClH/c1-3-5-10-15(4-2)13(16)7-6-12-8-9-14-11-12;/h12,14H,3-11H2,1-2H3;1H. The van der Waals surface area contributed by atoms with E-state index in [2.05, 4.69) is 19.2 Å². The Labute approximate surface area is 112 Å². The molecule has 102 valence electrons. The predicted octanol–water partition coefficient (Wildman–Crippen LogP) is 2.45. The average molecular weight is 263 g/mol. The lowest BCUT2D eigenvalue weighted by atomic mass is 10.0. The number of unbranched alkanes of at least 4 members (excludes halogenated alkanes) is 1. The molecule has 0 spiro atoms. The number of halogens is 1. The molecule has 1 fully saturated rings. The van der Waals surface area contributed by atoms with Gasteiger partial charge in [-0.25, -0.2) is 0 Å². The number of carbonyl (C=O) groups is 1. The summed E-state index contributed by atoms with van der Waals surface area (Å²) >= 11 is 0. The lowest BCUT2D eigenvalue weighted by Gasteiger charge is -2.21. The molecular weight excluding hydrogens is 236 g/mol. The number of amides is 1. The van der Waals surface area contributed by atoms with Gasteiger partial charge in [0.15, 0.2) is 0 Å². The van der Waals surface area contributed by atoms with Gasteiger partial charge in [0.25, 0.3) is 0 Å². The first-order valence-corrected chi connectivity index (χ1v) is 6.76. The molecule has 17 heavy (non-hydrogen) atoms. The van der Waals surface area contributed by atoms with Gasteiger partial charge >= 0.3 is 0 Å². The Bertz CT molecular complexity index is 206. The van der Waals surface area contributed by atoms with Crippen molar-refractivity contribution in [2.24, 2.45) is 5.92 Å². The van der Waals surface area contributed by atoms with Crippen LogP contribution in [0.5, 0.6) is 0 Å². The van der Waals surface area contributed by atoms with E-state index in [0.29, 0.717) is 5.91 Å². The first-order valence-electron chi connectivity index (χ1n) is 6.76. The van der Waals surface area contributed by atoms with E-state index in [1.807, 2.05) is 4.90 Å². The Morgan fingerprint density at radius 3 is 2.71 bits per heavy atom. The second kappa shape index (κ2) is 9.72. The highest BCUT2D eigenvalue weighted by Gasteiger charge is 2.17. The normalized spacial score (nSPS) is 18.8. The fourth-order valence-corrected chi connectivity index (χ4v) is 2.25. The molecule has 4 heteroatoms. The van der Waals surface area contributed by atoms with Crippen molar-refractivity contribution in [3.8, 4) is 0 Å². The Morgan fingerprint density at radius 2 is 2.18 bits per heavy atom. The van der Waals surface area contributed by atoms with Crippen LogP contribution in [0.1, 0.15) is 46.0 Å². The van der Waals surface area contributed by atoms with Gasteiger partial charge in [0, 0.05) is 19.5 Å². The van der Waals surface area contributed by atoms with Crippen LogP contribution < -0.4 is 5.32 Å². The molecule has 0 saturated carbocycles. The maximum Gasteiger partial charge on any atom is 0.222 e. The first-order chi connectivity index (χ1) is 7.77. The van der Waals surface area contributed by atoms with Crippen molar-refractivity contribution in [2.45, 2.75) is 46.0 Å². The minimum Gasteiger partial charge on any atom is -0.343 e. The van der Waals surface area contributed by atoms with E-state index >= 15 is 0 Å². The van der Waals surface area contributed by atoms with Crippen LogP contribution in [0.15, 0.2) is 0 Å². The molecule has 3 nitrogen and oxygen atoms in total. The molecule has 1 aliphatic heterocycles. The van der Waals surface area contributed by atoms with E-state index in [1.54, 1.807) is 0 Å². The van der Waals surface area contributed by atoms with E-state index in [0.717, 1.165) is 57.8 Å². The summed E-state index contributed by atoms with van der Waals surface area (Å²) in [6, 6.07) is 0. The Balaban J connectivity index is 0.00000256. The molecule has 1 N–H and O–H groups in total. The monoisotopic (exact) mass is 262 g/mol. The molecule has 1 heterocycles. The van der Waals surface area contributed by atoms with Crippen LogP contribution in [0.2, 0.25) is 0 Å². The number of hydrogen-bond donors (Lipinski definition) is 1. The smallest absolute Gasteiger partial charge is 0.222 e. The zero-order chi connectivity index (χ0) is 11.8. The minimum absolute atomic E-state index is 0. The summed E-state index contributed by atoms with van der Waals surface area (Å²) in [4.78, 5) is 13.9. The molecule has 0 aromatic rings. The fraction of sp³-hybridized carbons (Fsp3) is 0.923. The number of nitrogens with zero attached hydrogens (tertiary/aromatic N) is 1. The second-order valence-electron chi connectivity index (χ2n) is 4.72. The Hall–Kier alpha value is -0.280. The van der Waals surface area contributed by atoms with E-state index < -0.39 is 0 Å². The van der Waals surface area contributed by atoms with E-state index in [4.69, 9.17) is 0 Å². The topological polar surface area (TPSA) is 32.3 Å². The lowest BCUT2D eigenvalue weighted by Crippen LogP contribution is -2.32. The van der Waals surface area contributed by atoms with Crippen LogP contribution >= 0.6 is 12.4 Å². The zero-order valence-corrected chi connectivity index (χ0v) is 12.0. The van der Waals surface area contributed by atoms with Gasteiger partial charge in [0.1, 0.15) is 0 Å². The Morgan fingerprint density at radius 1 is 1.41 bits per heavy atom. The quantitative estimate of drug-likeness (QED) is 0.764. The first kappa shape index (κ1) is 16.7. The summed E-state index contributed by atoms with van der Waals surface area (Å²) in [6.07, 6.45) is 5.34. The molecule has 0 aromatic carbocycles. The number of rotatable bonds is 7. The number of carbonyl (C=O) groups excluding carboxylic acids is 1. The van der Waals surface area contributed by atoms with E-state index in [-0.39, 0.29) is 12.4 Å². The highest BCUT2D eigenvalue weighted by atomic mass is 35.5. The summed E-state index contributed by atoms with van der Waals surface area (Å²) < 4.78 is 0. The van der Waals surface area contributed by atoms with Gasteiger partial charge < -0.3 is 10.2 Å². The van der Waals surface area contributed by atoms with Crippen LogP contribution in [0, 0.1) is 5.92 Å². The molecule has 1 rings (SSSR count). The van der Waals surface area contributed by atoms with Gasteiger partial charge in [0.05, 0.1) is 0 Å². The summed E-state index contributed by atoms with van der Waals surface area (Å²) in [5, 5.41) is 3.35. The predicted molar refractivity (Wildman–Crippen MR) is 74.6 cm³/mol. The van der Waals surface area contributed by atoms with Crippen molar-refractivity contribution < 1.29 is 4.79 Å². The summed E-state index contributed by atoms with van der Waals surface area (Å²) in [5.41, 5.74) is 0. The van der Waals surface area contributed by atoms with Crippen LogP contribution in [-0.2, 0) is 4.79 Å². The largest absolute Gasteiger partial charge is 0.343 e. The summed E-state index contributed by atoms with van der Waals surface area (Å²) in [6.45, 7) is 8.28. The average Bonchev–Trinajstić information content (AvgIpc) is 2.80. The SMILES string of the molecule is CCCCN(CC)C(=O)CCC1CCNC1.Cl. The van der Waals surface area contributed by atoms with E-state index in [9.17, 15) is 4.79 Å². The molecule has 0 radical (unpaired) electrons. The molecule has 0 aliphatic carbocycles. The van der Waals surface area contributed by atoms with Gasteiger partial charge in [0.2, 0.25) is 5.91 Å². The number of nitrogens with one attached hydrogen (secondary N) is 1. The van der Waals surface area contributed by atoms with Crippen molar-refractivity contribution in [1.29, 1.82) is 0 Å². The highest BCUT2D eigenvalue weighted by Crippen LogP contribution is 2.15. The third-order valence-electron chi connectivity index (χ3n) is 3.44. The van der Waals surface area contributed by atoms with Crippen molar-refractivity contribution in [3.05, 3.63) is 0 Å². The van der Waals surface area contributed by atoms with Crippen LogP contribution in [0.4, 0.5) is 0 Å². The molecule has 0 aromatic heterocycles. The van der Waals surface area contributed by atoms with Gasteiger partial charge in [-0.2, -0.15) is 0 Å². The van der Waals surface area contributed by atoms with Crippen molar-refractivity contribution in [1.82, 2.24) is 10.2 Å². The van der Waals surface area contributed by atoms with Crippen molar-refractivity contribution in [3.63, 3.8) is 0 Å². The third-order valence-corrected chi connectivity index (χ3v) is 3.44. The van der Waals surface area contributed by atoms with Gasteiger partial charge in [-0.1, -0.05) is 13.3 Å². The van der Waals surface area contributed by atoms with Crippen molar-refractivity contribution in [2.75, 3.05) is 26.2 Å². The van der Waals surface area contributed by atoms with Gasteiger partial charge in [-0.15, -0.1) is 12.4 Å². The highest BCUT2D eigenvalue weighted by molar-refractivity contribution is 5.85. The molecular formula is C13H27ClN2O. The zero-order valence-electron chi connectivity index (χ0n) is 11.2. The molecule has 0 bridgehead atoms. The van der Waals surface area contributed by atoms with E-state index in [1.165, 1.54) is 6.42 Å². The molecule has 1 atom stereocenters. The maximum atomic E-state index is 11.9. The fourth-order valence-electron chi connectivity index (χ4n) is 2.25. The lowest BCUT2D eigenvalue weighted by molar-refractivity contribution is -0.131. The molecule has 1 aliphatic rings. The Kier molecular flexibility index (Phi) is 9.56. The van der Waals surface area contributed by atoms with Crippen LogP contribution in [0.25, 0.3) is 0 Å². The van der Waals surface area contributed by atoms with Crippen molar-refractivity contribution >= 4 is 18.3 Å². The van der Waals surface area contributed by atoms with Crippen LogP contribution in [0.3, 0.4) is 0 Å².